The van der Waals surface area contributed by atoms with Crippen molar-refractivity contribution in [3.63, 3.8) is 0 Å². The number of hydrogen-bond acceptors (Lipinski definition) is 20. The van der Waals surface area contributed by atoms with Crippen molar-refractivity contribution in [1.82, 2.24) is 57.5 Å². The predicted octanol–water partition coefficient (Wildman–Crippen LogP) is 3.55. The van der Waals surface area contributed by atoms with Crippen LogP contribution in [0.4, 0.5) is 0 Å². The number of amides is 8. The van der Waals surface area contributed by atoms with E-state index in [-0.39, 0.29) is 108 Å². The first-order valence-electron chi connectivity index (χ1n) is 37.2. The molecule has 3 aromatic carbocycles. The molecule has 2 aliphatic heterocycles. The number of fused-ring (bicyclic) bond motifs is 6. The molecule has 7 rings (SSSR count). The molecule has 5 aromatic rings. The predicted molar refractivity (Wildman–Crippen MR) is 413 cm³/mol. The maximum Gasteiger partial charge on any atom is 0.244 e. The summed E-state index contributed by atoms with van der Waals surface area (Å²) in [7, 11) is 2.08. The number of benzene rings is 3. The van der Waals surface area contributed by atoms with E-state index in [1.54, 1.807) is 73.8 Å². The first-order valence-corrected chi connectivity index (χ1v) is 39.7. The number of nitrogens with zero attached hydrogens (tertiary/aromatic N) is 2. The smallest absolute Gasteiger partial charge is 0.244 e. The Morgan fingerprint density at radius 3 is 1.67 bits per heavy atom. The molecule has 0 aliphatic carbocycles. The van der Waals surface area contributed by atoms with Gasteiger partial charge in [-0.25, -0.2) is 4.98 Å². The summed E-state index contributed by atoms with van der Waals surface area (Å²) in [5, 5.41) is 40.9. The molecule has 582 valence electrons. The molecular formula is C77H105N17O12S2. The van der Waals surface area contributed by atoms with Gasteiger partial charge in [-0.15, -0.1) is 0 Å². The van der Waals surface area contributed by atoms with Gasteiger partial charge in [0.05, 0.1) is 29.8 Å². The Bertz CT molecular complexity index is 3910. The van der Waals surface area contributed by atoms with Crippen LogP contribution >= 0.6 is 21.6 Å². The molecule has 2 saturated heterocycles. The summed E-state index contributed by atoms with van der Waals surface area (Å²) < 4.78 is 0. The first kappa shape index (κ1) is 85.6. The number of carbonyl (C=O) groups is 12. The lowest BCUT2D eigenvalue weighted by atomic mass is 9.82. The van der Waals surface area contributed by atoms with Crippen molar-refractivity contribution in [2.75, 3.05) is 31.1 Å². The number of nitrogens with one attached hydrogen (secondary N) is 11. The Balaban J connectivity index is 1.38. The average Bonchev–Trinajstić information content (AvgIpc) is 1.62. The number of unbranched alkanes of at least 4 members (excludes halogenated alkanes) is 4. The van der Waals surface area contributed by atoms with Gasteiger partial charge < -0.3 is 75.4 Å². The number of aromatic nitrogens is 3. The van der Waals surface area contributed by atoms with Crippen LogP contribution in [0.3, 0.4) is 0 Å². The van der Waals surface area contributed by atoms with Crippen LogP contribution in [0.15, 0.2) is 97.6 Å². The van der Waals surface area contributed by atoms with Crippen molar-refractivity contribution in [3.05, 3.63) is 126 Å². The maximum absolute atomic E-state index is 15.5. The molecule has 12 atom stereocenters. The summed E-state index contributed by atoms with van der Waals surface area (Å²) in [6.07, 6.45) is 5.74. The lowest BCUT2D eigenvalue weighted by Gasteiger charge is -2.28. The summed E-state index contributed by atoms with van der Waals surface area (Å²) in [5.41, 5.74) is 26.7. The summed E-state index contributed by atoms with van der Waals surface area (Å²) in [4.78, 5) is 191. The van der Waals surface area contributed by atoms with Crippen molar-refractivity contribution < 1.29 is 57.5 Å². The van der Waals surface area contributed by atoms with E-state index in [4.69, 9.17) is 28.3 Å². The van der Waals surface area contributed by atoms with Gasteiger partial charge in [-0.3, -0.25) is 62.9 Å². The molecule has 31 heteroatoms. The van der Waals surface area contributed by atoms with Gasteiger partial charge in [-0.05, 0) is 132 Å². The fourth-order valence-electron chi connectivity index (χ4n) is 13.1. The van der Waals surface area contributed by atoms with Gasteiger partial charge >= 0.3 is 0 Å². The number of nitrogens with two attached hydrogens (primary N) is 4. The van der Waals surface area contributed by atoms with Gasteiger partial charge in [-0.2, -0.15) is 5.26 Å². The number of imidazole rings is 1. The highest BCUT2D eigenvalue weighted by atomic mass is 33.1. The zero-order chi connectivity index (χ0) is 78.1. The topological polar surface area (TPSA) is 497 Å². The summed E-state index contributed by atoms with van der Waals surface area (Å²) in [5.74, 6) is -13.6. The van der Waals surface area contributed by atoms with Gasteiger partial charge in [0.1, 0.15) is 59.6 Å². The van der Waals surface area contributed by atoms with E-state index in [2.05, 4.69) is 63.6 Å². The van der Waals surface area contributed by atoms with Crippen molar-refractivity contribution >= 4 is 109 Å². The molecule has 2 aromatic heterocycles. The van der Waals surface area contributed by atoms with Gasteiger partial charge in [0.15, 0.2) is 5.78 Å². The van der Waals surface area contributed by atoms with Gasteiger partial charge in [0.2, 0.25) is 47.3 Å². The van der Waals surface area contributed by atoms with Gasteiger partial charge in [-0.1, -0.05) is 102 Å². The van der Waals surface area contributed by atoms with Crippen molar-refractivity contribution in [2.45, 2.75) is 197 Å². The fourth-order valence-corrected chi connectivity index (χ4v) is 15.6. The third-order valence-electron chi connectivity index (χ3n) is 19.5. The Labute approximate surface area is 637 Å². The highest BCUT2D eigenvalue weighted by Gasteiger charge is 2.39. The number of aromatic amines is 2. The molecule has 8 amide bonds. The highest BCUT2D eigenvalue weighted by Crippen LogP contribution is 2.32. The largest absolute Gasteiger partial charge is 0.388 e. The molecule has 108 heavy (non-hydrogen) atoms. The third-order valence-corrected chi connectivity index (χ3v) is 22.0. The normalized spacial score (nSPS) is 24.4. The van der Waals surface area contributed by atoms with Crippen molar-refractivity contribution in [2.24, 2.45) is 46.6 Å². The van der Waals surface area contributed by atoms with E-state index in [1.165, 1.54) is 19.4 Å². The Kier molecular flexibility index (Phi) is 35.4. The monoisotopic (exact) mass is 1520 g/mol. The van der Waals surface area contributed by atoms with E-state index in [0.29, 0.717) is 83.8 Å². The SMILES string of the molecule is C[C@@H]1CC(=O)[C@@H]2CSSC[C@H](NC(=O)[C@H](Cc3c[nH]c4ccccc34)NC(=O)[C@H](CCCCN)NC(=O)[C@H](CCCCN)NC(=O)[C@H](CCCCN)CC1=O)C(=O)N[C@@H](C)C(=O)N[C@@H](Cc1cnc[nH]1)C(=O)N[C@H](Cc1ccccc1)C(=O)N[C@@H](CCCCC(=N)N)C(=O)C[C@@H](Cc1ccc(C#N)cc1)C(=O)C2. The number of Topliss-reactive ketones (excluding diaryl/α,β-unsaturated/α-hetero) is 4. The maximum atomic E-state index is 15.5. The zero-order valence-corrected chi connectivity index (χ0v) is 63.1. The molecule has 0 unspecified atom stereocenters. The van der Waals surface area contributed by atoms with Gasteiger partial charge in [0.25, 0.3) is 0 Å². The molecule has 0 saturated carbocycles. The number of amidine groups is 1. The van der Waals surface area contributed by atoms with Crippen molar-refractivity contribution in [3.8, 4) is 6.07 Å². The number of hydrogen-bond donors (Lipinski definition) is 15. The zero-order valence-electron chi connectivity index (χ0n) is 61.5. The molecule has 0 spiro atoms. The van der Waals surface area contributed by atoms with E-state index < -0.39 is 162 Å². The lowest BCUT2D eigenvalue weighted by molar-refractivity contribution is -0.136. The van der Waals surface area contributed by atoms with E-state index in [9.17, 15) is 29.2 Å². The fraction of sp³-hybridized carbons (Fsp3) is 0.519. The van der Waals surface area contributed by atoms with Crippen molar-refractivity contribution in [1.29, 1.82) is 10.7 Å². The van der Waals surface area contributed by atoms with Crippen LogP contribution in [0.5, 0.6) is 0 Å². The Hall–Kier alpha value is -9.61. The van der Waals surface area contributed by atoms with Crippen LogP contribution in [-0.4, -0.2) is 171 Å². The molecule has 0 radical (unpaired) electrons. The second kappa shape index (κ2) is 44.6. The quantitative estimate of drug-likeness (QED) is 0.0172. The summed E-state index contributed by atoms with van der Waals surface area (Å²) in [6.45, 7) is 3.68. The average molecular weight is 1520 g/mol. The molecule has 2 aliphatic rings. The van der Waals surface area contributed by atoms with Crippen LogP contribution in [0.2, 0.25) is 0 Å². The molecule has 2 fully saturated rings. The molecular weight excluding hydrogens is 1420 g/mol. The Morgan fingerprint density at radius 2 is 1.03 bits per heavy atom. The third kappa shape index (κ3) is 27.6. The second-order valence-corrected chi connectivity index (χ2v) is 30.6. The Morgan fingerprint density at radius 1 is 0.491 bits per heavy atom. The molecule has 19 N–H and O–H groups in total. The van der Waals surface area contributed by atoms with Crippen LogP contribution < -0.4 is 65.5 Å². The minimum atomic E-state index is -1.56. The van der Waals surface area contributed by atoms with Crippen LogP contribution in [0.1, 0.15) is 151 Å². The van der Waals surface area contributed by atoms with Crippen LogP contribution in [0, 0.1) is 40.4 Å². The number of para-hydroxylation sites is 1. The van der Waals surface area contributed by atoms with Crippen LogP contribution in [-0.2, 0) is 83.2 Å². The molecule has 4 heterocycles. The minimum Gasteiger partial charge on any atom is -0.388 e. The van der Waals surface area contributed by atoms with Crippen LogP contribution in [0.25, 0.3) is 10.9 Å². The van der Waals surface area contributed by atoms with Gasteiger partial charge in [0, 0.05) is 116 Å². The first-order chi connectivity index (χ1) is 52.0. The lowest BCUT2D eigenvalue weighted by Crippen LogP contribution is -2.61. The number of H-pyrrole nitrogens is 2. The number of rotatable bonds is 25. The molecule has 29 nitrogen and oxygen atoms in total. The number of nitriles is 1. The second-order valence-electron chi connectivity index (χ2n) is 28.1. The highest BCUT2D eigenvalue weighted by molar-refractivity contribution is 8.76. The molecule has 2 bridgehead atoms. The number of ketones is 4. The minimum absolute atomic E-state index is 0.00179. The van der Waals surface area contributed by atoms with E-state index >= 15 is 33.6 Å². The number of carbonyl (C=O) groups excluding carboxylic acids is 12. The summed E-state index contributed by atoms with van der Waals surface area (Å²) in [6, 6.07) is 13.2. The van der Waals surface area contributed by atoms with E-state index in [0.717, 1.165) is 21.6 Å². The summed E-state index contributed by atoms with van der Waals surface area (Å²) >= 11 is 0. The standard InChI is InChI=1S/C77H105N17O12S2/c1-46-32-66(96)54-38-67(97)52(33-49-25-27-50(40-81)28-26-49)37-68(98)58(21-8-9-24-69(82)83)88-74(103)61(34-48-16-4-3-5-17-48)92-76(105)63(39-55-42-84-45-86-55)91-70(99)47(2)87-77(106)64(44-108-107-43-54)94-75(104)62(35-53-41-85-57-20-7-6-19-56(53)57)93-73(102)60(23-12-15-31-80)90-72(101)59(22-11-14-30-79)89-71(100)51(36-65(46)95)18-10-13-29-78/h3-7,16-17,19-20,25-28,41-42,45-47,51-52,54,58-64,85H,8-15,18,21-24,29-39,43-44,78-80H2,1-2H3,(H3,82,83)(H,84,86)(H,87,106)(H,88,103)(H,89,100)(H,90,101)(H,91,99)(H,92,105)(H,93,102)(H,94,104)/t46-,47+,51-,52-,54+,58+,59+,60+,61-,62+,63+,64+/m1/s1. The van der Waals surface area contributed by atoms with E-state index in [1.807, 2.05) is 18.2 Å².